The lowest BCUT2D eigenvalue weighted by Gasteiger charge is -2.32. The molecule has 8 nitrogen and oxygen atoms in total. The zero-order valence-electron chi connectivity index (χ0n) is 15.6. The molecule has 0 aromatic carbocycles. The minimum atomic E-state index is -3.55. The van der Waals surface area contributed by atoms with Crippen molar-refractivity contribution < 1.29 is 32.5 Å². The predicted molar refractivity (Wildman–Crippen MR) is 100 cm³/mol. The van der Waals surface area contributed by atoms with Gasteiger partial charge in [0.05, 0.1) is 13.2 Å². The summed E-state index contributed by atoms with van der Waals surface area (Å²) in [6.07, 6.45) is 4.09. The van der Waals surface area contributed by atoms with Crippen LogP contribution in [-0.2, 0) is 27.7 Å². The lowest BCUT2D eigenvalue weighted by Crippen LogP contribution is -2.50. The molecule has 0 aromatic heterocycles. The molecule has 1 atom stereocenters. The van der Waals surface area contributed by atoms with Gasteiger partial charge in [0.15, 0.2) is 0 Å². The Morgan fingerprint density at radius 3 is 2.62 bits per heavy atom. The molecule has 0 aliphatic carbocycles. The lowest BCUT2D eigenvalue weighted by molar-refractivity contribution is -0.119. The Balaban J connectivity index is 2.50. The smallest absolute Gasteiger partial charge is 0.449 e. The van der Waals surface area contributed by atoms with E-state index < -0.39 is 19.5 Å². The number of phosphoric ester groups is 1. The molecular formula is C16H28NO7PS. The van der Waals surface area contributed by atoms with Crippen molar-refractivity contribution in [3.05, 3.63) is 12.7 Å². The minimum Gasteiger partial charge on any atom is -0.449 e. The van der Waals surface area contributed by atoms with Gasteiger partial charge in [-0.05, 0) is 32.6 Å². The molecule has 26 heavy (non-hydrogen) atoms. The fourth-order valence-electron chi connectivity index (χ4n) is 2.55. The quantitative estimate of drug-likeness (QED) is 0.290. The number of unbranched alkanes of at least 4 members (excludes halogenated alkanes) is 1. The number of phosphoric acid groups is 1. The van der Waals surface area contributed by atoms with Crippen molar-refractivity contribution in [2.75, 3.05) is 39.7 Å². The van der Waals surface area contributed by atoms with Gasteiger partial charge in [-0.1, -0.05) is 17.8 Å². The van der Waals surface area contributed by atoms with E-state index >= 15 is 0 Å². The van der Waals surface area contributed by atoms with Gasteiger partial charge in [-0.15, -0.1) is 6.58 Å². The van der Waals surface area contributed by atoms with Crippen molar-refractivity contribution in [1.29, 1.82) is 0 Å². The first kappa shape index (κ1) is 23.2. The summed E-state index contributed by atoms with van der Waals surface area (Å²) in [5.74, 6) is 0.271. The number of likely N-dealkylation sites (tertiary alicyclic amines) is 1. The van der Waals surface area contributed by atoms with Gasteiger partial charge in [-0.2, -0.15) is 0 Å². The number of nitrogens with zero attached hydrogens (tertiary/aromatic N) is 1. The zero-order valence-corrected chi connectivity index (χ0v) is 17.3. The number of hydrogen-bond acceptors (Lipinski definition) is 8. The highest BCUT2D eigenvalue weighted by atomic mass is 32.2. The molecule has 1 rings (SSSR count). The largest absolute Gasteiger partial charge is 0.474 e. The van der Waals surface area contributed by atoms with Gasteiger partial charge in [0.25, 0.3) is 0 Å². The molecule has 1 unspecified atom stereocenters. The van der Waals surface area contributed by atoms with Crippen LogP contribution in [0.2, 0.25) is 0 Å². The van der Waals surface area contributed by atoms with Crippen LogP contribution in [-0.4, -0.2) is 61.4 Å². The average molecular weight is 409 g/mol. The molecule has 0 spiro atoms. The molecule has 1 heterocycles. The topological polar surface area (TPSA) is 91.4 Å². The van der Waals surface area contributed by atoms with Crippen molar-refractivity contribution in [1.82, 2.24) is 4.90 Å². The molecule has 1 amide bonds. The molecule has 10 heteroatoms. The maximum absolute atomic E-state index is 12.6. The third-order valence-electron chi connectivity index (χ3n) is 4.09. The van der Waals surface area contributed by atoms with E-state index in [4.69, 9.17) is 9.26 Å². The molecular weight excluding hydrogens is 381 g/mol. The molecule has 1 aliphatic heterocycles. The Morgan fingerprint density at radius 1 is 1.31 bits per heavy atom. The van der Waals surface area contributed by atoms with Crippen LogP contribution < -0.4 is 0 Å². The van der Waals surface area contributed by atoms with E-state index in [1.54, 1.807) is 13.0 Å². The van der Waals surface area contributed by atoms with Gasteiger partial charge >= 0.3 is 13.9 Å². The van der Waals surface area contributed by atoms with E-state index in [9.17, 15) is 14.2 Å². The number of hydrogen-bond donors (Lipinski definition) is 0. The molecule has 1 aliphatic rings. The van der Waals surface area contributed by atoms with Crippen molar-refractivity contribution in [3.8, 4) is 0 Å². The van der Waals surface area contributed by atoms with E-state index in [0.717, 1.165) is 24.6 Å². The third kappa shape index (κ3) is 6.39. The van der Waals surface area contributed by atoms with Crippen LogP contribution in [0.5, 0.6) is 0 Å². The van der Waals surface area contributed by atoms with E-state index in [2.05, 4.69) is 15.6 Å². The first-order chi connectivity index (χ1) is 12.3. The van der Waals surface area contributed by atoms with Gasteiger partial charge in [0.2, 0.25) is 5.12 Å². The van der Waals surface area contributed by atoms with Gasteiger partial charge in [-0.25, -0.2) is 9.36 Å². The van der Waals surface area contributed by atoms with Crippen LogP contribution in [0.4, 0.5) is 4.79 Å². The standard InChI is InChI=1S/C16H28NO7PS/c1-5-6-7-11-23-15(19)17-10-8-9-16(17,2)14(18)26-13-12-24-25(20,21-3)22-4/h5H,1,6-13H2,2-4H3. The summed E-state index contributed by atoms with van der Waals surface area (Å²) >= 11 is 1.03. The molecule has 150 valence electrons. The highest BCUT2D eigenvalue weighted by Gasteiger charge is 2.46. The third-order valence-corrected chi connectivity index (χ3v) is 6.56. The Bertz CT molecular complexity index is 537. The molecule has 1 saturated heterocycles. The van der Waals surface area contributed by atoms with Crippen molar-refractivity contribution in [3.63, 3.8) is 0 Å². The fourth-order valence-corrected chi connectivity index (χ4v) is 4.23. The van der Waals surface area contributed by atoms with E-state index in [-0.39, 0.29) is 17.5 Å². The number of amides is 1. The molecule has 0 N–H and O–H groups in total. The predicted octanol–water partition coefficient (Wildman–Crippen LogP) is 3.62. The second-order valence-electron chi connectivity index (χ2n) is 5.86. The van der Waals surface area contributed by atoms with Crippen LogP contribution >= 0.6 is 19.6 Å². The van der Waals surface area contributed by atoms with Crippen LogP contribution in [0.15, 0.2) is 12.7 Å². The summed E-state index contributed by atoms with van der Waals surface area (Å²) in [6, 6.07) is 0. The van der Waals surface area contributed by atoms with Gasteiger partial charge in [-0.3, -0.25) is 23.3 Å². The van der Waals surface area contributed by atoms with Gasteiger partial charge in [0, 0.05) is 26.5 Å². The van der Waals surface area contributed by atoms with Crippen molar-refractivity contribution >= 4 is 30.8 Å². The Kier molecular flexibility index (Phi) is 9.89. The Hall–Kier alpha value is -0.860. The van der Waals surface area contributed by atoms with Crippen LogP contribution in [0.3, 0.4) is 0 Å². The average Bonchev–Trinajstić information content (AvgIpc) is 3.05. The summed E-state index contributed by atoms with van der Waals surface area (Å²) in [5.41, 5.74) is -0.910. The highest BCUT2D eigenvalue weighted by Crippen LogP contribution is 2.47. The second kappa shape index (κ2) is 11.1. The summed E-state index contributed by atoms with van der Waals surface area (Å²) in [5, 5.41) is -0.147. The molecule has 0 radical (unpaired) electrons. The SMILES string of the molecule is C=CCCCOC(=O)N1CCCC1(C)C(=O)SCCOP(=O)(OC)OC. The van der Waals surface area contributed by atoms with Crippen LogP contribution in [0.25, 0.3) is 0 Å². The Morgan fingerprint density at radius 2 is 2.00 bits per heavy atom. The molecule has 0 bridgehead atoms. The molecule has 0 saturated carbocycles. The maximum atomic E-state index is 12.6. The van der Waals surface area contributed by atoms with E-state index in [1.165, 1.54) is 19.1 Å². The maximum Gasteiger partial charge on any atom is 0.474 e. The first-order valence-electron chi connectivity index (χ1n) is 8.41. The number of carbonyl (C=O) groups is 2. The molecule has 0 aromatic rings. The summed E-state index contributed by atoms with van der Waals surface area (Å²) in [6.45, 7) is 6.18. The lowest BCUT2D eigenvalue weighted by atomic mass is 10.0. The van der Waals surface area contributed by atoms with Crippen LogP contribution in [0.1, 0.15) is 32.6 Å². The van der Waals surface area contributed by atoms with Gasteiger partial charge in [0.1, 0.15) is 5.54 Å². The highest BCUT2D eigenvalue weighted by molar-refractivity contribution is 8.13. The van der Waals surface area contributed by atoms with Crippen LogP contribution in [0, 0.1) is 0 Å². The van der Waals surface area contributed by atoms with E-state index in [0.29, 0.717) is 26.0 Å². The number of rotatable bonds is 11. The monoisotopic (exact) mass is 409 g/mol. The summed E-state index contributed by atoms with van der Waals surface area (Å²) in [4.78, 5) is 26.4. The zero-order chi connectivity index (χ0) is 19.6. The number of thioether (sulfide) groups is 1. The summed E-state index contributed by atoms with van der Waals surface area (Å²) < 4.78 is 31.4. The fraction of sp³-hybridized carbons (Fsp3) is 0.750. The van der Waals surface area contributed by atoms with E-state index in [1.807, 2.05) is 0 Å². The summed E-state index contributed by atoms with van der Waals surface area (Å²) in [7, 11) is -1.10. The second-order valence-corrected chi connectivity index (χ2v) is 8.81. The van der Waals surface area contributed by atoms with Gasteiger partial charge < -0.3 is 4.74 Å². The first-order valence-corrected chi connectivity index (χ1v) is 10.9. The number of allylic oxidation sites excluding steroid dienone is 1. The number of carbonyl (C=O) groups excluding carboxylic acids is 2. The van der Waals surface area contributed by atoms with Crippen molar-refractivity contribution in [2.24, 2.45) is 0 Å². The number of ether oxygens (including phenoxy) is 1. The molecule has 1 fully saturated rings. The minimum absolute atomic E-state index is 0.0252. The normalized spacial score (nSPS) is 20.2. The Labute approximate surface area is 159 Å². The van der Waals surface area contributed by atoms with Crippen molar-refractivity contribution in [2.45, 2.75) is 38.1 Å².